The average molecular weight is 346 g/mol. The van der Waals surface area contributed by atoms with E-state index in [1.807, 2.05) is 0 Å². The molecule has 1 amide bonds. The Hall–Kier alpha value is -1.29. The number of carbonyl (C=O) groups excluding carboxylic acids is 1. The zero-order chi connectivity index (χ0) is 17.8. The molecule has 0 radical (unpaired) electrons. The summed E-state index contributed by atoms with van der Waals surface area (Å²) < 4.78 is 2.42. The van der Waals surface area contributed by atoms with Crippen LogP contribution in [0, 0.1) is 19.8 Å². The maximum atomic E-state index is 12.7. The number of hydrogen-bond acceptors (Lipinski definition) is 2. The summed E-state index contributed by atoms with van der Waals surface area (Å²) in [6, 6.07) is 2.68. The molecule has 0 spiro atoms. The van der Waals surface area contributed by atoms with Crippen LogP contribution in [-0.4, -0.2) is 41.6 Å². The van der Waals surface area contributed by atoms with Gasteiger partial charge in [0.25, 0.3) is 5.91 Å². The monoisotopic (exact) mass is 345 g/mol. The van der Waals surface area contributed by atoms with Crippen LogP contribution in [0.3, 0.4) is 0 Å². The van der Waals surface area contributed by atoms with Crippen molar-refractivity contribution in [3.05, 3.63) is 23.0 Å². The van der Waals surface area contributed by atoms with E-state index in [-0.39, 0.29) is 5.91 Å². The van der Waals surface area contributed by atoms with E-state index in [1.54, 1.807) is 0 Å². The standard InChI is InChI=1S/C21H35N3O/c1-16(15-23-11-7-8-12-23)14-22-21(25)20-13-17(2)24(18(20)3)19-9-5-4-6-10-19/h13,16,19H,4-12,14-15H2,1-3H3,(H,22,25). The Kier molecular flexibility index (Phi) is 6.21. The first-order chi connectivity index (χ1) is 12.1. The summed E-state index contributed by atoms with van der Waals surface area (Å²) in [6.45, 7) is 10.8. The molecular weight excluding hydrogens is 310 g/mol. The smallest absolute Gasteiger partial charge is 0.253 e. The fourth-order valence-corrected chi connectivity index (χ4v) is 4.74. The quantitative estimate of drug-likeness (QED) is 0.844. The number of likely N-dealkylation sites (tertiary alicyclic amines) is 1. The average Bonchev–Trinajstić information content (AvgIpc) is 3.21. The summed E-state index contributed by atoms with van der Waals surface area (Å²) in [4.78, 5) is 15.2. The van der Waals surface area contributed by atoms with Crippen molar-refractivity contribution in [3.63, 3.8) is 0 Å². The number of hydrogen-bond donors (Lipinski definition) is 1. The van der Waals surface area contributed by atoms with Gasteiger partial charge in [0.05, 0.1) is 5.56 Å². The first kappa shape index (κ1) is 18.5. The van der Waals surface area contributed by atoms with E-state index in [0.29, 0.717) is 12.0 Å². The molecule has 1 aromatic heterocycles. The molecule has 2 heterocycles. The minimum absolute atomic E-state index is 0.100. The highest BCUT2D eigenvalue weighted by Gasteiger charge is 2.23. The molecule has 25 heavy (non-hydrogen) atoms. The van der Waals surface area contributed by atoms with Crippen LogP contribution in [0.5, 0.6) is 0 Å². The number of carbonyl (C=O) groups is 1. The van der Waals surface area contributed by atoms with E-state index < -0.39 is 0 Å². The number of aryl methyl sites for hydroxylation is 1. The summed E-state index contributed by atoms with van der Waals surface area (Å²) in [5.41, 5.74) is 3.25. The zero-order valence-corrected chi connectivity index (χ0v) is 16.3. The lowest BCUT2D eigenvalue weighted by molar-refractivity contribution is 0.0944. The first-order valence-corrected chi connectivity index (χ1v) is 10.2. The predicted octanol–water partition coefficient (Wildman–Crippen LogP) is 4.07. The van der Waals surface area contributed by atoms with Crippen molar-refractivity contribution in [2.45, 2.75) is 71.8 Å². The third kappa shape index (κ3) is 4.46. The van der Waals surface area contributed by atoms with Gasteiger partial charge in [0, 0.05) is 30.5 Å². The fourth-order valence-electron chi connectivity index (χ4n) is 4.74. The number of nitrogens with zero attached hydrogens (tertiary/aromatic N) is 2. The Bertz CT molecular complexity index is 580. The molecule has 1 saturated carbocycles. The number of nitrogens with one attached hydrogen (secondary N) is 1. The van der Waals surface area contributed by atoms with Crippen LogP contribution < -0.4 is 5.32 Å². The minimum atomic E-state index is 0.100. The van der Waals surface area contributed by atoms with Crippen LogP contribution in [-0.2, 0) is 0 Å². The van der Waals surface area contributed by atoms with Gasteiger partial charge >= 0.3 is 0 Å². The lowest BCUT2D eigenvalue weighted by Gasteiger charge is -2.26. The largest absolute Gasteiger partial charge is 0.352 e. The SMILES string of the molecule is Cc1cc(C(=O)NCC(C)CN2CCCC2)c(C)n1C1CCCCC1. The lowest BCUT2D eigenvalue weighted by atomic mass is 9.95. The molecule has 2 fully saturated rings. The molecule has 1 atom stereocenters. The highest BCUT2D eigenvalue weighted by molar-refractivity contribution is 5.95. The number of rotatable bonds is 6. The fraction of sp³-hybridized carbons (Fsp3) is 0.762. The molecule has 1 N–H and O–H groups in total. The van der Waals surface area contributed by atoms with E-state index in [1.165, 1.54) is 63.7 Å². The van der Waals surface area contributed by atoms with Crippen LogP contribution >= 0.6 is 0 Å². The van der Waals surface area contributed by atoms with Crippen molar-refractivity contribution in [1.82, 2.24) is 14.8 Å². The van der Waals surface area contributed by atoms with Gasteiger partial charge in [-0.2, -0.15) is 0 Å². The molecule has 1 saturated heterocycles. The van der Waals surface area contributed by atoms with Crippen LogP contribution in [0.4, 0.5) is 0 Å². The van der Waals surface area contributed by atoms with Crippen LogP contribution in [0.1, 0.15) is 79.7 Å². The zero-order valence-electron chi connectivity index (χ0n) is 16.3. The molecule has 140 valence electrons. The Morgan fingerprint density at radius 2 is 1.84 bits per heavy atom. The second kappa shape index (κ2) is 8.39. The van der Waals surface area contributed by atoms with E-state index in [4.69, 9.17) is 0 Å². The Labute approximate surface area is 153 Å². The number of amides is 1. The summed E-state index contributed by atoms with van der Waals surface area (Å²) in [5, 5.41) is 3.18. The molecule has 0 bridgehead atoms. The maximum Gasteiger partial charge on any atom is 0.253 e. The van der Waals surface area contributed by atoms with Gasteiger partial charge in [-0.25, -0.2) is 0 Å². The van der Waals surface area contributed by atoms with Gasteiger partial charge in [-0.1, -0.05) is 26.2 Å². The number of aromatic nitrogens is 1. The second-order valence-electron chi connectivity index (χ2n) is 8.27. The summed E-state index contributed by atoms with van der Waals surface area (Å²) in [7, 11) is 0. The van der Waals surface area contributed by atoms with Crippen molar-refractivity contribution < 1.29 is 4.79 Å². The molecule has 1 unspecified atom stereocenters. The first-order valence-electron chi connectivity index (χ1n) is 10.2. The van der Waals surface area contributed by atoms with E-state index in [2.05, 4.69) is 41.6 Å². The Balaban J connectivity index is 1.58. The van der Waals surface area contributed by atoms with Crippen LogP contribution in [0.2, 0.25) is 0 Å². The lowest BCUT2D eigenvalue weighted by Crippen LogP contribution is -2.34. The van der Waals surface area contributed by atoms with Gasteiger partial charge in [0.2, 0.25) is 0 Å². The second-order valence-corrected chi connectivity index (χ2v) is 8.27. The van der Waals surface area contributed by atoms with Crippen molar-refractivity contribution >= 4 is 5.91 Å². The third-order valence-electron chi connectivity index (χ3n) is 6.05. The Morgan fingerprint density at radius 3 is 2.52 bits per heavy atom. The predicted molar refractivity (Wildman–Crippen MR) is 103 cm³/mol. The molecule has 4 nitrogen and oxygen atoms in total. The molecule has 3 rings (SSSR count). The van der Waals surface area contributed by atoms with Gasteiger partial charge in [0.1, 0.15) is 0 Å². The summed E-state index contributed by atoms with van der Waals surface area (Å²) >= 11 is 0. The summed E-state index contributed by atoms with van der Waals surface area (Å²) in [6.07, 6.45) is 9.15. The van der Waals surface area contributed by atoms with E-state index in [0.717, 1.165) is 24.3 Å². The van der Waals surface area contributed by atoms with Gasteiger partial charge in [0.15, 0.2) is 0 Å². The molecule has 0 aromatic carbocycles. The Morgan fingerprint density at radius 1 is 1.16 bits per heavy atom. The molecule has 4 heteroatoms. The van der Waals surface area contributed by atoms with Gasteiger partial charge in [-0.05, 0) is 64.6 Å². The highest BCUT2D eigenvalue weighted by atomic mass is 16.1. The maximum absolute atomic E-state index is 12.7. The van der Waals surface area contributed by atoms with Gasteiger partial charge in [-0.3, -0.25) is 4.79 Å². The van der Waals surface area contributed by atoms with Crippen molar-refractivity contribution in [2.24, 2.45) is 5.92 Å². The van der Waals surface area contributed by atoms with Crippen molar-refractivity contribution in [2.75, 3.05) is 26.2 Å². The van der Waals surface area contributed by atoms with Gasteiger partial charge < -0.3 is 14.8 Å². The van der Waals surface area contributed by atoms with E-state index in [9.17, 15) is 4.79 Å². The molecule has 1 aromatic rings. The van der Waals surface area contributed by atoms with Crippen molar-refractivity contribution in [1.29, 1.82) is 0 Å². The van der Waals surface area contributed by atoms with Crippen molar-refractivity contribution in [3.8, 4) is 0 Å². The molecular formula is C21H35N3O. The van der Waals surface area contributed by atoms with E-state index >= 15 is 0 Å². The normalized spacial score (nSPS) is 20.8. The van der Waals surface area contributed by atoms with Gasteiger partial charge in [-0.15, -0.1) is 0 Å². The molecule has 1 aliphatic heterocycles. The third-order valence-corrected chi connectivity index (χ3v) is 6.05. The topological polar surface area (TPSA) is 37.3 Å². The van der Waals surface area contributed by atoms with Crippen LogP contribution in [0.15, 0.2) is 6.07 Å². The minimum Gasteiger partial charge on any atom is -0.352 e. The molecule has 1 aliphatic carbocycles. The van der Waals surface area contributed by atoms with Crippen LogP contribution in [0.25, 0.3) is 0 Å². The molecule has 2 aliphatic rings. The highest BCUT2D eigenvalue weighted by Crippen LogP contribution is 2.32. The summed E-state index contributed by atoms with van der Waals surface area (Å²) in [5.74, 6) is 0.604.